The molecular weight excluding hydrogens is 150 g/mol. The summed E-state index contributed by atoms with van der Waals surface area (Å²) < 4.78 is 2.02. The summed E-state index contributed by atoms with van der Waals surface area (Å²) in [6.45, 7) is 6.74. The van der Waals surface area contributed by atoms with Gasteiger partial charge in [0.15, 0.2) is 0 Å². The van der Waals surface area contributed by atoms with E-state index in [0.29, 0.717) is 0 Å². The zero-order chi connectivity index (χ0) is 9.14. The molecule has 1 heterocycles. The Kier molecular flexibility index (Phi) is 2.49. The normalized spacial score (nSPS) is 12.5. The maximum Gasteiger partial charge on any atom is 0.126 e. The summed E-state index contributed by atoms with van der Waals surface area (Å²) >= 11 is 0. The highest BCUT2D eigenvalue weighted by Crippen LogP contribution is 2.13. The minimum Gasteiger partial charge on any atom is -0.334 e. The smallest absolute Gasteiger partial charge is 0.126 e. The van der Waals surface area contributed by atoms with Crippen LogP contribution in [0.25, 0.3) is 0 Å². The van der Waals surface area contributed by atoms with Crippen molar-refractivity contribution < 1.29 is 0 Å². The molecular formula is C9H13N3. The number of aryl methyl sites for hydroxylation is 2. The molecule has 0 aliphatic carbocycles. The van der Waals surface area contributed by atoms with Crippen LogP contribution in [0.15, 0.2) is 6.20 Å². The summed E-state index contributed by atoms with van der Waals surface area (Å²) in [5.74, 6) is 0.760. The molecule has 0 amide bonds. The Morgan fingerprint density at radius 1 is 1.75 bits per heavy atom. The van der Waals surface area contributed by atoms with Gasteiger partial charge in [-0.3, -0.25) is 0 Å². The lowest BCUT2D eigenvalue weighted by Crippen LogP contribution is -2.03. The zero-order valence-corrected chi connectivity index (χ0v) is 7.70. The van der Waals surface area contributed by atoms with Gasteiger partial charge < -0.3 is 4.57 Å². The van der Waals surface area contributed by atoms with E-state index < -0.39 is 0 Å². The van der Waals surface area contributed by atoms with Crippen molar-refractivity contribution >= 4 is 0 Å². The van der Waals surface area contributed by atoms with Crippen LogP contribution in [0.4, 0.5) is 0 Å². The molecule has 0 saturated carbocycles. The molecule has 12 heavy (non-hydrogen) atoms. The summed E-state index contributed by atoms with van der Waals surface area (Å²) in [6, 6.07) is 2.19. The lowest BCUT2D eigenvalue weighted by Gasteiger charge is -2.04. The fourth-order valence-electron chi connectivity index (χ4n) is 1.22. The van der Waals surface area contributed by atoms with Crippen LogP contribution in [0.1, 0.15) is 31.3 Å². The van der Waals surface area contributed by atoms with Crippen LogP contribution in [-0.4, -0.2) is 9.55 Å². The van der Waals surface area contributed by atoms with Crippen molar-refractivity contribution in [2.24, 2.45) is 0 Å². The minimum atomic E-state index is -0.112. The van der Waals surface area contributed by atoms with E-state index in [9.17, 15) is 0 Å². The number of aromatic nitrogens is 2. The predicted molar refractivity (Wildman–Crippen MR) is 46.7 cm³/mol. The lowest BCUT2D eigenvalue weighted by atomic mass is 10.2. The van der Waals surface area contributed by atoms with Gasteiger partial charge >= 0.3 is 0 Å². The van der Waals surface area contributed by atoms with E-state index in [-0.39, 0.29) is 5.92 Å². The highest BCUT2D eigenvalue weighted by Gasteiger charge is 2.10. The largest absolute Gasteiger partial charge is 0.334 e. The standard InChI is InChI=1S/C9H13N3/c1-4-12-6-8(3)11-9(12)7(2)5-10/h6-7H,4H2,1-3H3. The monoisotopic (exact) mass is 163 g/mol. The summed E-state index contributed by atoms with van der Waals surface area (Å²) in [7, 11) is 0. The molecule has 1 aromatic heterocycles. The molecule has 3 heteroatoms. The Balaban J connectivity index is 3.06. The van der Waals surface area contributed by atoms with Gasteiger partial charge in [-0.2, -0.15) is 5.26 Å². The molecule has 0 aliphatic heterocycles. The first-order chi connectivity index (χ1) is 5.69. The molecule has 0 bridgehead atoms. The van der Waals surface area contributed by atoms with Gasteiger partial charge in [0, 0.05) is 12.7 Å². The van der Waals surface area contributed by atoms with E-state index in [0.717, 1.165) is 18.1 Å². The highest BCUT2D eigenvalue weighted by atomic mass is 15.1. The van der Waals surface area contributed by atoms with E-state index >= 15 is 0 Å². The summed E-state index contributed by atoms with van der Waals surface area (Å²) in [5, 5.41) is 8.71. The van der Waals surface area contributed by atoms with Gasteiger partial charge in [-0.15, -0.1) is 0 Å². The Morgan fingerprint density at radius 2 is 2.42 bits per heavy atom. The van der Waals surface area contributed by atoms with Gasteiger partial charge in [0.25, 0.3) is 0 Å². The van der Waals surface area contributed by atoms with E-state index in [1.165, 1.54) is 0 Å². The summed E-state index contributed by atoms with van der Waals surface area (Å²) in [4.78, 5) is 4.29. The number of nitrogens with zero attached hydrogens (tertiary/aromatic N) is 3. The Labute approximate surface area is 72.7 Å². The first-order valence-electron chi connectivity index (χ1n) is 4.12. The molecule has 1 aromatic rings. The maximum atomic E-state index is 8.71. The molecule has 0 radical (unpaired) electrons. The first kappa shape index (κ1) is 8.79. The van der Waals surface area contributed by atoms with Gasteiger partial charge in [0.2, 0.25) is 0 Å². The summed E-state index contributed by atoms with van der Waals surface area (Å²) in [6.07, 6.45) is 1.98. The third kappa shape index (κ3) is 1.48. The predicted octanol–water partition coefficient (Wildman–Crippen LogP) is 1.84. The van der Waals surface area contributed by atoms with Crippen molar-refractivity contribution in [3.63, 3.8) is 0 Å². The molecule has 0 fully saturated rings. The number of hydrogen-bond donors (Lipinski definition) is 0. The van der Waals surface area contributed by atoms with E-state index in [1.54, 1.807) is 0 Å². The molecule has 64 valence electrons. The summed E-state index contributed by atoms with van der Waals surface area (Å²) in [5.41, 5.74) is 0.981. The van der Waals surface area contributed by atoms with Crippen LogP contribution >= 0.6 is 0 Å². The quantitative estimate of drug-likeness (QED) is 0.667. The number of hydrogen-bond acceptors (Lipinski definition) is 2. The van der Waals surface area contributed by atoms with Crippen LogP contribution in [0.5, 0.6) is 0 Å². The Bertz CT molecular complexity index is 306. The molecule has 0 spiro atoms. The van der Waals surface area contributed by atoms with Gasteiger partial charge in [-0.25, -0.2) is 4.98 Å². The van der Waals surface area contributed by atoms with Crippen molar-refractivity contribution in [2.45, 2.75) is 33.2 Å². The van der Waals surface area contributed by atoms with Crippen LogP contribution in [0.2, 0.25) is 0 Å². The van der Waals surface area contributed by atoms with Gasteiger partial charge in [0.05, 0.1) is 11.8 Å². The van der Waals surface area contributed by atoms with Crippen molar-refractivity contribution in [1.82, 2.24) is 9.55 Å². The van der Waals surface area contributed by atoms with Crippen molar-refractivity contribution in [3.8, 4) is 6.07 Å². The van der Waals surface area contributed by atoms with E-state index in [2.05, 4.69) is 18.0 Å². The number of nitriles is 1. The molecule has 0 saturated heterocycles. The average molecular weight is 163 g/mol. The van der Waals surface area contributed by atoms with Crippen LogP contribution < -0.4 is 0 Å². The minimum absolute atomic E-state index is 0.112. The van der Waals surface area contributed by atoms with Crippen LogP contribution in [-0.2, 0) is 6.54 Å². The topological polar surface area (TPSA) is 41.6 Å². The highest BCUT2D eigenvalue weighted by molar-refractivity contribution is 5.12. The second-order valence-corrected chi connectivity index (χ2v) is 2.88. The Hall–Kier alpha value is -1.30. The maximum absolute atomic E-state index is 8.71. The molecule has 0 N–H and O–H groups in total. The molecule has 1 atom stereocenters. The average Bonchev–Trinajstić information content (AvgIpc) is 2.45. The SMILES string of the molecule is CCn1cc(C)nc1C(C)C#N. The Morgan fingerprint density at radius 3 is 2.92 bits per heavy atom. The number of imidazole rings is 1. The van der Waals surface area contributed by atoms with Gasteiger partial charge in [-0.05, 0) is 20.8 Å². The lowest BCUT2D eigenvalue weighted by molar-refractivity contribution is 0.682. The van der Waals surface area contributed by atoms with Gasteiger partial charge in [-0.1, -0.05) is 0 Å². The second kappa shape index (κ2) is 3.40. The zero-order valence-electron chi connectivity index (χ0n) is 7.70. The molecule has 0 aromatic carbocycles. The van der Waals surface area contributed by atoms with Crippen LogP contribution in [0, 0.1) is 18.3 Å². The van der Waals surface area contributed by atoms with Gasteiger partial charge in [0.1, 0.15) is 11.7 Å². The second-order valence-electron chi connectivity index (χ2n) is 2.88. The fraction of sp³-hybridized carbons (Fsp3) is 0.556. The third-order valence-corrected chi connectivity index (χ3v) is 1.85. The molecule has 3 nitrogen and oxygen atoms in total. The molecule has 1 rings (SSSR count). The van der Waals surface area contributed by atoms with Crippen molar-refractivity contribution in [3.05, 3.63) is 17.7 Å². The fourth-order valence-corrected chi connectivity index (χ4v) is 1.22. The number of rotatable bonds is 2. The van der Waals surface area contributed by atoms with Crippen molar-refractivity contribution in [1.29, 1.82) is 5.26 Å². The van der Waals surface area contributed by atoms with Crippen molar-refractivity contribution in [2.75, 3.05) is 0 Å². The molecule has 0 aliphatic rings. The first-order valence-corrected chi connectivity index (χ1v) is 4.12. The molecule has 1 unspecified atom stereocenters. The van der Waals surface area contributed by atoms with E-state index in [1.807, 2.05) is 24.6 Å². The third-order valence-electron chi connectivity index (χ3n) is 1.85. The van der Waals surface area contributed by atoms with Crippen LogP contribution in [0.3, 0.4) is 0 Å². The van der Waals surface area contributed by atoms with E-state index in [4.69, 9.17) is 5.26 Å².